The van der Waals surface area contributed by atoms with Crippen LogP contribution in [0.25, 0.3) is 5.69 Å². The summed E-state index contributed by atoms with van der Waals surface area (Å²) in [7, 11) is 0. The summed E-state index contributed by atoms with van der Waals surface area (Å²) in [6, 6.07) is 25.7. The first kappa shape index (κ1) is 20.2. The largest absolute Gasteiger partial charge is 0.326 e. The Kier molecular flexibility index (Phi) is 6.16. The Bertz CT molecular complexity index is 1150. The highest BCUT2D eigenvalue weighted by molar-refractivity contribution is 7.99. The van der Waals surface area contributed by atoms with Gasteiger partial charge in [-0.1, -0.05) is 71.9 Å². The molecule has 1 atom stereocenters. The average molecular weight is 435 g/mol. The van der Waals surface area contributed by atoms with Crippen molar-refractivity contribution in [1.82, 2.24) is 14.8 Å². The maximum absolute atomic E-state index is 11.4. The summed E-state index contributed by atoms with van der Waals surface area (Å²) in [5.74, 6) is -0.114. The molecular formula is C23H19ClN4OS. The molecule has 3 aromatic carbocycles. The fraction of sp³-hybridized carbons (Fsp3) is 0.0870. The third kappa shape index (κ3) is 4.72. The molecule has 1 heterocycles. The lowest BCUT2D eigenvalue weighted by Gasteiger charge is -2.18. The third-order valence-electron chi connectivity index (χ3n) is 4.46. The van der Waals surface area contributed by atoms with Gasteiger partial charge in [-0.3, -0.25) is 9.36 Å². The highest BCUT2D eigenvalue weighted by atomic mass is 35.5. The standard InChI is InChI=1S/C23H19ClN4OS/c1-16(29)26-20-8-5-9-21(14-20)28-15-25-27-23(28)30-22(17-6-3-2-4-7-17)18-10-12-19(24)13-11-18/h2-15,22H,1H3,(H,26,29). The molecule has 1 N–H and O–H groups in total. The van der Waals surface area contributed by atoms with Crippen LogP contribution in [-0.2, 0) is 4.79 Å². The van der Waals surface area contributed by atoms with Crippen LogP contribution in [0.4, 0.5) is 5.69 Å². The molecule has 5 nitrogen and oxygen atoms in total. The van der Waals surface area contributed by atoms with Crippen LogP contribution in [0.1, 0.15) is 23.3 Å². The molecule has 4 aromatic rings. The molecule has 0 aliphatic rings. The number of benzene rings is 3. The van der Waals surface area contributed by atoms with Gasteiger partial charge in [-0.25, -0.2) is 0 Å². The van der Waals surface area contributed by atoms with Crippen molar-refractivity contribution < 1.29 is 4.79 Å². The zero-order valence-electron chi connectivity index (χ0n) is 16.2. The monoisotopic (exact) mass is 434 g/mol. The van der Waals surface area contributed by atoms with Crippen LogP contribution in [0.15, 0.2) is 90.3 Å². The van der Waals surface area contributed by atoms with Gasteiger partial charge in [0, 0.05) is 17.6 Å². The van der Waals surface area contributed by atoms with Gasteiger partial charge in [-0.15, -0.1) is 10.2 Å². The molecule has 0 saturated heterocycles. The van der Waals surface area contributed by atoms with Gasteiger partial charge in [0.05, 0.1) is 10.9 Å². The number of halogens is 1. The number of hydrogen-bond donors (Lipinski definition) is 1. The van der Waals surface area contributed by atoms with Gasteiger partial charge in [0.2, 0.25) is 5.91 Å². The second-order valence-corrected chi connectivity index (χ2v) is 8.18. The smallest absolute Gasteiger partial charge is 0.221 e. The van der Waals surface area contributed by atoms with Crippen molar-refractivity contribution in [3.8, 4) is 5.69 Å². The molecule has 1 amide bonds. The van der Waals surface area contributed by atoms with Gasteiger partial charge in [-0.2, -0.15) is 0 Å². The summed E-state index contributed by atoms with van der Waals surface area (Å²) in [4.78, 5) is 11.4. The van der Waals surface area contributed by atoms with Crippen LogP contribution in [0.5, 0.6) is 0 Å². The molecule has 0 aliphatic heterocycles. The summed E-state index contributed by atoms with van der Waals surface area (Å²) in [6.07, 6.45) is 1.68. The van der Waals surface area contributed by atoms with Crippen LogP contribution in [0.2, 0.25) is 5.02 Å². The predicted octanol–water partition coefficient (Wildman–Crippen LogP) is 5.76. The van der Waals surface area contributed by atoms with Crippen molar-refractivity contribution in [3.05, 3.63) is 101 Å². The molecule has 150 valence electrons. The number of aromatic nitrogens is 3. The first-order valence-electron chi connectivity index (χ1n) is 9.35. The Morgan fingerprint density at radius 3 is 2.47 bits per heavy atom. The molecule has 30 heavy (non-hydrogen) atoms. The maximum Gasteiger partial charge on any atom is 0.221 e. The third-order valence-corrected chi connectivity index (χ3v) is 5.98. The van der Waals surface area contributed by atoms with Gasteiger partial charge in [0.1, 0.15) is 6.33 Å². The van der Waals surface area contributed by atoms with Gasteiger partial charge < -0.3 is 5.32 Å². The lowest BCUT2D eigenvalue weighted by Crippen LogP contribution is -2.06. The number of amides is 1. The van der Waals surface area contributed by atoms with Crippen molar-refractivity contribution in [1.29, 1.82) is 0 Å². The van der Waals surface area contributed by atoms with Gasteiger partial charge >= 0.3 is 0 Å². The first-order chi connectivity index (χ1) is 14.6. The van der Waals surface area contributed by atoms with Crippen molar-refractivity contribution >= 4 is 35.0 Å². The van der Waals surface area contributed by atoms with Crippen molar-refractivity contribution in [2.75, 3.05) is 5.32 Å². The number of thioether (sulfide) groups is 1. The van der Waals surface area contributed by atoms with E-state index in [9.17, 15) is 4.79 Å². The van der Waals surface area contributed by atoms with E-state index in [1.165, 1.54) is 6.92 Å². The summed E-state index contributed by atoms with van der Waals surface area (Å²) < 4.78 is 1.92. The molecule has 0 bridgehead atoms. The molecule has 0 radical (unpaired) electrons. The number of anilines is 1. The Labute approximate surface area is 184 Å². The normalized spacial score (nSPS) is 11.8. The number of hydrogen-bond acceptors (Lipinski definition) is 4. The van der Waals surface area contributed by atoms with Crippen molar-refractivity contribution in [2.24, 2.45) is 0 Å². The first-order valence-corrected chi connectivity index (χ1v) is 10.6. The molecule has 4 rings (SSSR count). The lowest BCUT2D eigenvalue weighted by molar-refractivity contribution is -0.114. The Balaban J connectivity index is 1.70. The summed E-state index contributed by atoms with van der Waals surface area (Å²) in [5, 5.41) is 12.8. The Morgan fingerprint density at radius 2 is 1.73 bits per heavy atom. The van der Waals surface area contributed by atoms with E-state index in [0.29, 0.717) is 5.02 Å². The second kappa shape index (κ2) is 9.15. The minimum Gasteiger partial charge on any atom is -0.326 e. The van der Waals surface area contributed by atoms with E-state index in [2.05, 4.69) is 27.6 Å². The average Bonchev–Trinajstić information content (AvgIpc) is 3.21. The molecule has 0 saturated carbocycles. The molecule has 0 aliphatic carbocycles. The quantitative estimate of drug-likeness (QED) is 0.392. The van der Waals surface area contributed by atoms with E-state index < -0.39 is 0 Å². The summed E-state index contributed by atoms with van der Waals surface area (Å²) >= 11 is 7.71. The van der Waals surface area contributed by atoms with Crippen LogP contribution in [-0.4, -0.2) is 20.7 Å². The Morgan fingerprint density at radius 1 is 1.00 bits per heavy atom. The number of carbonyl (C=O) groups is 1. The van der Waals surface area contributed by atoms with E-state index in [1.807, 2.05) is 71.3 Å². The lowest BCUT2D eigenvalue weighted by atomic mass is 10.0. The predicted molar refractivity (Wildman–Crippen MR) is 121 cm³/mol. The molecule has 1 unspecified atom stereocenters. The molecule has 1 aromatic heterocycles. The maximum atomic E-state index is 11.4. The molecule has 7 heteroatoms. The highest BCUT2D eigenvalue weighted by Gasteiger charge is 2.20. The van der Waals surface area contributed by atoms with E-state index in [1.54, 1.807) is 18.1 Å². The van der Waals surface area contributed by atoms with E-state index in [4.69, 9.17) is 11.6 Å². The van der Waals surface area contributed by atoms with Crippen LogP contribution < -0.4 is 5.32 Å². The van der Waals surface area contributed by atoms with Gasteiger partial charge in [0.15, 0.2) is 5.16 Å². The van der Waals surface area contributed by atoms with E-state index >= 15 is 0 Å². The summed E-state index contributed by atoms with van der Waals surface area (Å²) in [6.45, 7) is 1.49. The van der Waals surface area contributed by atoms with Crippen molar-refractivity contribution in [3.63, 3.8) is 0 Å². The fourth-order valence-corrected chi connectivity index (χ4v) is 4.40. The van der Waals surface area contributed by atoms with Crippen LogP contribution in [0.3, 0.4) is 0 Å². The number of nitrogens with zero attached hydrogens (tertiary/aromatic N) is 3. The Hall–Kier alpha value is -3.09. The van der Waals surface area contributed by atoms with E-state index in [-0.39, 0.29) is 11.2 Å². The van der Waals surface area contributed by atoms with Gasteiger partial charge in [0.25, 0.3) is 0 Å². The number of carbonyl (C=O) groups excluding carboxylic acids is 1. The minimum absolute atomic E-state index is 0.0185. The topological polar surface area (TPSA) is 59.8 Å². The minimum atomic E-state index is -0.114. The highest BCUT2D eigenvalue weighted by Crippen LogP contribution is 2.40. The summed E-state index contributed by atoms with van der Waals surface area (Å²) in [5.41, 5.74) is 3.88. The number of rotatable bonds is 6. The zero-order chi connectivity index (χ0) is 20.9. The molecular weight excluding hydrogens is 416 g/mol. The second-order valence-electron chi connectivity index (χ2n) is 6.68. The fourth-order valence-electron chi connectivity index (χ4n) is 3.12. The molecule has 0 spiro atoms. The number of nitrogens with one attached hydrogen (secondary N) is 1. The molecule has 0 fully saturated rings. The van der Waals surface area contributed by atoms with Crippen LogP contribution in [0, 0.1) is 0 Å². The van der Waals surface area contributed by atoms with Gasteiger partial charge in [-0.05, 0) is 41.5 Å². The van der Waals surface area contributed by atoms with E-state index in [0.717, 1.165) is 27.7 Å². The van der Waals surface area contributed by atoms with Crippen LogP contribution >= 0.6 is 23.4 Å². The van der Waals surface area contributed by atoms with Crippen molar-refractivity contribution in [2.45, 2.75) is 17.3 Å². The SMILES string of the molecule is CC(=O)Nc1cccc(-n2cnnc2SC(c2ccccc2)c2ccc(Cl)cc2)c1. The zero-order valence-corrected chi connectivity index (χ0v) is 17.8.